The van der Waals surface area contributed by atoms with E-state index in [1.807, 2.05) is 12.1 Å². The summed E-state index contributed by atoms with van der Waals surface area (Å²) < 4.78 is 0. The standard InChI is InChI=1S/C19H19N4O2/c24-17(13-22-11-4-1-5-12-22)23-16-9-6-10-20-18(16)21-15-8-3-2-7-14(15)19(23)25/h1-3,6-10H,4-5,11-13H2,(H,20,21). The van der Waals surface area contributed by atoms with Crippen molar-refractivity contribution in [3.8, 4) is 0 Å². The van der Waals surface area contributed by atoms with Crippen LogP contribution in [0.2, 0.25) is 0 Å². The van der Waals surface area contributed by atoms with Crippen LogP contribution in [-0.4, -0.2) is 41.3 Å². The lowest BCUT2D eigenvalue weighted by atomic mass is 10.1. The number of piperidine rings is 1. The molecule has 0 aliphatic carbocycles. The molecule has 1 N–H and O–H groups in total. The molecule has 0 unspecified atom stereocenters. The SMILES string of the molecule is O=C(CN1CC[CH]CC1)N1C(=O)c2ccccc2Nc2ncccc21. The fraction of sp³-hybridized carbons (Fsp3) is 0.263. The number of aromatic nitrogens is 1. The number of para-hydroxylation sites is 1. The molecule has 2 aliphatic heterocycles. The lowest BCUT2D eigenvalue weighted by Crippen LogP contribution is -2.45. The van der Waals surface area contributed by atoms with Crippen molar-refractivity contribution in [1.82, 2.24) is 9.88 Å². The summed E-state index contributed by atoms with van der Waals surface area (Å²) in [6, 6.07) is 10.7. The van der Waals surface area contributed by atoms with Crippen molar-refractivity contribution in [2.75, 3.05) is 29.9 Å². The van der Waals surface area contributed by atoms with Gasteiger partial charge in [-0.25, -0.2) is 9.88 Å². The quantitative estimate of drug-likeness (QED) is 0.914. The van der Waals surface area contributed by atoms with Gasteiger partial charge in [0.15, 0.2) is 5.82 Å². The van der Waals surface area contributed by atoms with Gasteiger partial charge in [-0.3, -0.25) is 14.5 Å². The van der Waals surface area contributed by atoms with Gasteiger partial charge in [0.25, 0.3) is 5.91 Å². The highest BCUT2D eigenvalue weighted by atomic mass is 16.2. The number of imide groups is 1. The molecule has 1 aromatic carbocycles. The average molecular weight is 335 g/mol. The van der Waals surface area contributed by atoms with Crippen LogP contribution >= 0.6 is 0 Å². The molecule has 4 rings (SSSR count). The summed E-state index contributed by atoms with van der Waals surface area (Å²) in [5.41, 5.74) is 1.63. The highest BCUT2D eigenvalue weighted by Crippen LogP contribution is 2.34. The number of anilines is 3. The molecule has 1 radical (unpaired) electrons. The van der Waals surface area contributed by atoms with E-state index in [-0.39, 0.29) is 18.4 Å². The number of carbonyl (C=O) groups excluding carboxylic acids is 2. The maximum atomic E-state index is 13.1. The van der Waals surface area contributed by atoms with Gasteiger partial charge < -0.3 is 5.32 Å². The van der Waals surface area contributed by atoms with Crippen LogP contribution in [0.1, 0.15) is 23.2 Å². The van der Waals surface area contributed by atoms with Crippen molar-refractivity contribution in [2.24, 2.45) is 0 Å². The first kappa shape index (κ1) is 15.8. The molecule has 1 fully saturated rings. The summed E-state index contributed by atoms with van der Waals surface area (Å²) in [6.45, 7) is 1.93. The van der Waals surface area contributed by atoms with E-state index in [9.17, 15) is 9.59 Å². The van der Waals surface area contributed by atoms with Crippen LogP contribution in [0.15, 0.2) is 42.6 Å². The summed E-state index contributed by atoms with van der Waals surface area (Å²) in [7, 11) is 0. The van der Waals surface area contributed by atoms with Gasteiger partial charge >= 0.3 is 0 Å². The lowest BCUT2D eigenvalue weighted by Gasteiger charge is -2.28. The van der Waals surface area contributed by atoms with Crippen molar-refractivity contribution in [1.29, 1.82) is 0 Å². The largest absolute Gasteiger partial charge is 0.338 e. The number of benzene rings is 1. The minimum absolute atomic E-state index is 0.223. The molecule has 1 saturated heterocycles. The molecule has 2 amide bonds. The van der Waals surface area contributed by atoms with Crippen molar-refractivity contribution in [3.63, 3.8) is 0 Å². The van der Waals surface area contributed by atoms with Crippen LogP contribution in [0.3, 0.4) is 0 Å². The van der Waals surface area contributed by atoms with Gasteiger partial charge in [-0.05, 0) is 56.6 Å². The zero-order valence-corrected chi connectivity index (χ0v) is 13.8. The van der Waals surface area contributed by atoms with Gasteiger partial charge in [-0.15, -0.1) is 0 Å². The predicted octanol–water partition coefficient (Wildman–Crippen LogP) is 2.61. The first-order valence-corrected chi connectivity index (χ1v) is 8.46. The molecular weight excluding hydrogens is 316 g/mol. The second kappa shape index (κ2) is 6.64. The maximum absolute atomic E-state index is 13.1. The van der Waals surface area contributed by atoms with Crippen LogP contribution in [0, 0.1) is 6.42 Å². The number of hydrogen-bond donors (Lipinski definition) is 1. The van der Waals surface area contributed by atoms with E-state index in [2.05, 4.69) is 21.6 Å². The Hall–Kier alpha value is -2.73. The van der Waals surface area contributed by atoms with Gasteiger partial charge in [-0.1, -0.05) is 12.1 Å². The van der Waals surface area contributed by atoms with Crippen LogP contribution in [0.4, 0.5) is 17.2 Å². The van der Waals surface area contributed by atoms with E-state index in [1.54, 1.807) is 30.5 Å². The Labute approximate surface area is 146 Å². The number of nitrogens with one attached hydrogen (secondary N) is 1. The lowest BCUT2D eigenvalue weighted by molar-refractivity contribution is -0.119. The van der Waals surface area contributed by atoms with Gasteiger partial charge in [-0.2, -0.15) is 0 Å². The Balaban J connectivity index is 1.71. The third-order valence-electron chi connectivity index (χ3n) is 4.55. The molecule has 6 heteroatoms. The molecule has 3 heterocycles. The Morgan fingerprint density at radius 3 is 2.76 bits per heavy atom. The second-order valence-electron chi connectivity index (χ2n) is 6.22. The number of fused-ring (bicyclic) bond motifs is 2. The number of nitrogens with zero attached hydrogens (tertiary/aromatic N) is 3. The molecule has 0 saturated carbocycles. The highest BCUT2D eigenvalue weighted by molar-refractivity contribution is 6.25. The molecular formula is C19H19N4O2. The maximum Gasteiger partial charge on any atom is 0.267 e. The van der Waals surface area contributed by atoms with Gasteiger partial charge in [0.2, 0.25) is 5.91 Å². The van der Waals surface area contributed by atoms with Crippen LogP contribution in [0.25, 0.3) is 0 Å². The normalized spacial score (nSPS) is 17.3. The second-order valence-corrected chi connectivity index (χ2v) is 6.22. The van der Waals surface area contributed by atoms with Crippen molar-refractivity contribution < 1.29 is 9.59 Å². The van der Waals surface area contributed by atoms with Crippen molar-refractivity contribution >= 4 is 29.0 Å². The first-order valence-electron chi connectivity index (χ1n) is 8.46. The van der Waals surface area contributed by atoms with Crippen LogP contribution < -0.4 is 10.2 Å². The fourth-order valence-electron chi connectivity index (χ4n) is 3.28. The van der Waals surface area contributed by atoms with E-state index in [0.29, 0.717) is 22.8 Å². The molecule has 25 heavy (non-hydrogen) atoms. The number of pyridine rings is 1. The zero-order chi connectivity index (χ0) is 17.2. The third-order valence-corrected chi connectivity index (χ3v) is 4.55. The van der Waals surface area contributed by atoms with E-state index in [4.69, 9.17) is 0 Å². The molecule has 2 aliphatic rings. The van der Waals surface area contributed by atoms with Crippen LogP contribution in [-0.2, 0) is 4.79 Å². The minimum Gasteiger partial charge on any atom is -0.338 e. The van der Waals surface area contributed by atoms with E-state index in [1.165, 1.54) is 4.90 Å². The summed E-state index contributed by atoms with van der Waals surface area (Å²) in [5.74, 6) is -0.0239. The molecule has 6 nitrogen and oxygen atoms in total. The van der Waals surface area contributed by atoms with Crippen molar-refractivity contribution in [2.45, 2.75) is 12.8 Å². The van der Waals surface area contributed by atoms with E-state index in [0.717, 1.165) is 25.9 Å². The average Bonchev–Trinajstić information content (AvgIpc) is 2.76. The van der Waals surface area contributed by atoms with Crippen molar-refractivity contribution in [3.05, 3.63) is 54.6 Å². The molecule has 0 spiro atoms. The molecule has 0 bridgehead atoms. The van der Waals surface area contributed by atoms with E-state index >= 15 is 0 Å². The minimum atomic E-state index is -0.316. The monoisotopic (exact) mass is 335 g/mol. The van der Waals surface area contributed by atoms with Crippen LogP contribution in [0.5, 0.6) is 0 Å². The molecule has 1 aromatic heterocycles. The smallest absolute Gasteiger partial charge is 0.267 e. The topological polar surface area (TPSA) is 65.5 Å². The molecule has 0 atom stereocenters. The number of hydrogen-bond acceptors (Lipinski definition) is 5. The Bertz CT molecular complexity index is 815. The summed E-state index contributed by atoms with van der Waals surface area (Å²) >= 11 is 0. The number of amides is 2. The third kappa shape index (κ3) is 3.00. The van der Waals surface area contributed by atoms with Gasteiger partial charge in [0.05, 0.1) is 23.5 Å². The molecule has 2 aromatic rings. The van der Waals surface area contributed by atoms with Gasteiger partial charge in [0, 0.05) is 6.20 Å². The summed E-state index contributed by atoms with van der Waals surface area (Å²) in [4.78, 5) is 33.8. The number of carbonyl (C=O) groups is 2. The Morgan fingerprint density at radius 1 is 1.12 bits per heavy atom. The zero-order valence-electron chi connectivity index (χ0n) is 13.8. The number of likely N-dealkylation sites (tertiary alicyclic amines) is 1. The highest BCUT2D eigenvalue weighted by Gasteiger charge is 2.32. The first-order chi connectivity index (χ1) is 12.2. The fourth-order valence-corrected chi connectivity index (χ4v) is 3.28. The van der Waals surface area contributed by atoms with E-state index < -0.39 is 0 Å². The molecule has 127 valence electrons. The van der Waals surface area contributed by atoms with Gasteiger partial charge in [0.1, 0.15) is 0 Å². The predicted molar refractivity (Wildman–Crippen MR) is 95.8 cm³/mol. The summed E-state index contributed by atoms with van der Waals surface area (Å²) in [6.07, 6.45) is 5.83. The Kier molecular flexibility index (Phi) is 4.19. The Morgan fingerprint density at radius 2 is 1.92 bits per heavy atom. The number of rotatable bonds is 2. The summed E-state index contributed by atoms with van der Waals surface area (Å²) in [5, 5.41) is 3.18.